The number of amides is 2. The smallest absolute Gasteiger partial charge is 0.261 e. The molecule has 2 aromatic carbocycles. The first-order valence-corrected chi connectivity index (χ1v) is 9.71. The van der Waals surface area contributed by atoms with Gasteiger partial charge in [-0.3, -0.25) is 9.59 Å². The van der Waals surface area contributed by atoms with Crippen LogP contribution in [0.1, 0.15) is 25.0 Å². The fraction of sp³-hybridized carbons (Fsp3) is 0.333. The molecule has 5 nitrogen and oxygen atoms in total. The monoisotopic (exact) mass is 432 g/mol. The molecule has 2 rings (SSSR count). The van der Waals surface area contributed by atoms with E-state index < -0.39 is 6.04 Å². The van der Waals surface area contributed by atoms with Gasteiger partial charge in [-0.1, -0.05) is 43.3 Å². The number of likely N-dealkylation sites (N-methyl/N-ethyl adjacent to an activating group) is 1. The van der Waals surface area contributed by atoms with Gasteiger partial charge in [0.05, 0.1) is 4.47 Å². The molecular formula is C21H25BrN2O3. The molecule has 144 valence electrons. The minimum atomic E-state index is -0.600. The SMILES string of the molecule is CCc1ccc(OCC(=O)N(Cc2ccccc2)C(C)C(=O)NC)c(Br)c1. The van der Waals surface area contributed by atoms with Gasteiger partial charge < -0.3 is 15.0 Å². The molecule has 0 aliphatic heterocycles. The number of nitrogens with zero attached hydrogens (tertiary/aromatic N) is 1. The molecule has 2 amide bonds. The number of carbonyl (C=O) groups is 2. The zero-order valence-electron chi connectivity index (χ0n) is 15.9. The van der Waals surface area contributed by atoms with E-state index in [4.69, 9.17) is 4.74 Å². The lowest BCUT2D eigenvalue weighted by atomic mass is 10.1. The molecule has 0 aliphatic rings. The first-order chi connectivity index (χ1) is 13.0. The van der Waals surface area contributed by atoms with Crippen molar-refractivity contribution in [2.45, 2.75) is 32.9 Å². The Labute approximate surface area is 168 Å². The summed E-state index contributed by atoms with van der Waals surface area (Å²) in [5.41, 5.74) is 2.13. The number of halogens is 1. The number of nitrogens with one attached hydrogen (secondary N) is 1. The van der Waals surface area contributed by atoms with Crippen molar-refractivity contribution < 1.29 is 14.3 Å². The molecule has 0 fully saturated rings. The highest BCUT2D eigenvalue weighted by atomic mass is 79.9. The highest BCUT2D eigenvalue weighted by molar-refractivity contribution is 9.10. The maximum Gasteiger partial charge on any atom is 0.261 e. The zero-order chi connectivity index (χ0) is 19.8. The molecule has 0 saturated heterocycles. The van der Waals surface area contributed by atoms with Gasteiger partial charge in [-0.2, -0.15) is 0 Å². The van der Waals surface area contributed by atoms with Crippen molar-refractivity contribution in [2.24, 2.45) is 0 Å². The summed E-state index contributed by atoms with van der Waals surface area (Å²) in [6.45, 7) is 3.99. The van der Waals surface area contributed by atoms with Crippen molar-refractivity contribution in [1.29, 1.82) is 0 Å². The van der Waals surface area contributed by atoms with Gasteiger partial charge in [0.1, 0.15) is 11.8 Å². The summed E-state index contributed by atoms with van der Waals surface area (Å²) in [6.07, 6.45) is 0.923. The highest BCUT2D eigenvalue weighted by Gasteiger charge is 2.25. The number of rotatable bonds is 8. The summed E-state index contributed by atoms with van der Waals surface area (Å²) in [4.78, 5) is 26.4. The van der Waals surface area contributed by atoms with Gasteiger partial charge in [-0.15, -0.1) is 0 Å². The van der Waals surface area contributed by atoms with Crippen molar-refractivity contribution in [3.8, 4) is 5.75 Å². The average molecular weight is 433 g/mol. The highest BCUT2D eigenvalue weighted by Crippen LogP contribution is 2.26. The Morgan fingerprint density at radius 3 is 2.44 bits per heavy atom. The van der Waals surface area contributed by atoms with Crippen LogP contribution in [0.25, 0.3) is 0 Å². The van der Waals surface area contributed by atoms with Gasteiger partial charge in [0.2, 0.25) is 5.91 Å². The van der Waals surface area contributed by atoms with Crippen LogP contribution in [0.3, 0.4) is 0 Å². The number of aryl methyl sites for hydroxylation is 1. The van der Waals surface area contributed by atoms with Crippen molar-refractivity contribution in [2.75, 3.05) is 13.7 Å². The van der Waals surface area contributed by atoms with Gasteiger partial charge in [-0.05, 0) is 52.5 Å². The molecule has 0 spiro atoms. The summed E-state index contributed by atoms with van der Waals surface area (Å²) >= 11 is 3.48. The summed E-state index contributed by atoms with van der Waals surface area (Å²) in [5, 5.41) is 2.60. The van der Waals surface area contributed by atoms with Crippen LogP contribution in [0.2, 0.25) is 0 Å². The normalized spacial score (nSPS) is 11.6. The summed E-state index contributed by atoms with van der Waals surface area (Å²) < 4.78 is 6.52. The Hall–Kier alpha value is -2.34. The third-order valence-corrected chi connectivity index (χ3v) is 4.98. The van der Waals surface area contributed by atoms with Crippen LogP contribution in [0.5, 0.6) is 5.75 Å². The third-order valence-electron chi connectivity index (χ3n) is 4.37. The number of hydrogen-bond acceptors (Lipinski definition) is 3. The number of carbonyl (C=O) groups excluding carboxylic acids is 2. The second kappa shape index (κ2) is 10.1. The van der Waals surface area contributed by atoms with Crippen molar-refractivity contribution in [1.82, 2.24) is 10.2 Å². The second-order valence-electron chi connectivity index (χ2n) is 6.20. The van der Waals surface area contributed by atoms with E-state index >= 15 is 0 Å². The fourth-order valence-corrected chi connectivity index (χ4v) is 3.22. The summed E-state index contributed by atoms with van der Waals surface area (Å²) in [6, 6.07) is 14.8. The van der Waals surface area contributed by atoms with Crippen LogP contribution in [0.4, 0.5) is 0 Å². The Morgan fingerprint density at radius 2 is 1.85 bits per heavy atom. The predicted octanol–water partition coefficient (Wildman–Crippen LogP) is 3.55. The van der Waals surface area contributed by atoms with Crippen LogP contribution >= 0.6 is 15.9 Å². The average Bonchev–Trinajstić information content (AvgIpc) is 2.70. The molecule has 6 heteroatoms. The molecule has 1 N–H and O–H groups in total. The summed E-state index contributed by atoms with van der Waals surface area (Å²) in [5.74, 6) is 0.141. The zero-order valence-corrected chi connectivity index (χ0v) is 17.5. The van der Waals surface area contributed by atoms with Gasteiger partial charge >= 0.3 is 0 Å². The second-order valence-corrected chi connectivity index (χ2v) is 7.06. The Morgan fingerprint density at radius 1 is 1.15 bits per heavy atom. The van der Waals surface area contributed by atoms with E-state index in [2.05, 4.69) is 28.2 Å². The van der Waals surface area contributed by atoms with E-state index in [-0.39, 0.29) is 18.4 Å². The molecule has 27 heavy (non-hydrogen) atoms. The maximum atomic E-state index is 12.8. The first-order valence-electron chi connectivity index (χ1n) is 8.92. The lowest BCUT2D eigenvalue weighted by molar-refractivity contribution is -0.142. The minimum absolute atomic E-state index is 0.141. The van der Waals surface area contributed by atoms with Gasteiger partial charge in [-0.25, -0.2) is 0 Å². The topological polar surface area (TPSA) is 58.6 Å². The van der Waals surface area contributed by atoms with Gasteiger partial charge in [0.25, 0.3) is 5.91 Å². The molecule has 1 unspecified atom stereocenters. The van der Waals surface area contributed by atoms with E-state index in [1.807, 2.05) is 48.5 Å². The number of benzene rings is 2. The van der Waals surface area contributed by atoms with E-state index in [0.717, 1.165) is 16.5 Å². The molecule has 2 aromatic rings. The lowest BCUT2D eigenvalue weighted by Gasteiger charge is -2.28. The molecule has 0 heterocycles. The van der Waals surface area contributed by atoms with Crippen LogP contribution in [-0.2, 0) is 22.6 Å². The van der Waals surface area contributed by atoms with Crippen molar-refractivity contribution >= 4 is 27.7 Å². The number of ether oxygens (including phenoxy) is 1. The molecule has 0 saturated carbocycles. The predicted molar refractivity (Wildman–Crippen MR) is 110 cm³/mol. The van der Waals surface area contributed by atoms with E-state index in [1.54, 1.807) is 14.0 Å². The van der Waals surface area contributed by atoms with Crippen LogP contribution in [-0.4, -0.2) is 36.4 Å². The standard InChI is InChI=1S/C21H25BrN2O3/c1-4-16-10-11-19(18(22)12-16)27-14-20(25)24(15(2)21(26)23-3)13-17-8-6-5-7-9-17/h5-12,15H,4,13-14H2,1-3H3,(H,23,26). The third kappa shape index (κ3) is 5.82. The van der Waals surface area contributed by atoms with Crippen LogP contribution in [0.15, 0.2) is 53.0 Å². The van der Waals surface area contributed by atoms with Gasteiger partial charge in [0.15, 0.2) is 6.61 Å². The number of hydrogen-bond donors (Lipinski definition) is 1. The maximum absolute atomic E-state index is 12.8. The quantitative estimate of drug-likeness (QED) is 0.693. The van der Waals surface area contributed by atoms with Crippen molar-refractivity contribution in [3.63, 3.8) is 0 Å². The molecule has 0 aromatic heterocycles. The van der Waals surface area contributed by atoms with Gasteiger partial charge in [0, 0.05) is 13.6 Å². The molecule has 0 radical (unpaired) electrons. The van der Waals surface area contributed by atoms with E-state index in [9.17, 15) is 9.59 Å². The Bertz CT molecular complexity index is 780. The lowest BCUT2D eigenvalue weighted by Crippen LogP contribution is -2.48. The molecular weight excluding hydrogens is 408 g/mol. The fourth-order valence-electron chi connectivity index (χ4n) is 2.68. The van der Waals surface area contributed by atoms with E-state index in [0.29, 0.717) is 12.3 Å². The van der Waals surface area contributed by atoms with E-state index in [1.165, 1.54) is 10.5 Å². The molecule has 1 atom stereocenters. The molecule has 0 aliphatic carbocycles. The Kier molecular flexibility index (Phi) is 7.85. The molecule has 0 bridgehead atoms. The summed E-state index contributed by atoms with van der Waals surface area (Å²) in [7, 11) is 1.56. The first kappa shape index (κ1) is 21.0. The van der Waals surface area contributed by atoms with Crippen LogP contribution in [0, 0.1) is 0 Å². The Balaban J connectivity index is 2.12. The van der Waals surface area contributed by atoms with Crippen molar-refractivity contribution in [3.05, 3.63) is 64.1 Å². The minimum Gasteiger partial charge on any atom is -0.483 e. The van der Waals surface area contributed by atoms with Crippen LogP contribution < -0.4 is 10.1 Å². The largest absolute Gasteiger partial charge is 0.483 e.